The molecule has 2 aliphatic rings. The van der Waals surface area contributed by atoms with E-state index in [4.69, 9.17) is 14.7 Å². The van der Waals surface area contributed by atoms with E-state index in [9.17, 15) is 0 Å². The molecule has 4 heterocycles. The molecule has 2 aromatic heterocycles. The van der Waals surface area contributed by atoms with E-state index in [2.05, 4.69) is 34.1 Å². The molecule has 146 valence electrons. The highest BCUT2D eigenvalue weighted by Crippen LogP contribution is 2.26. The number of rotatable bonds is 6. The number of piperidine rings is 1. The summed E-state index contributed by atoms with van der Waals surface area (Å²) in [5.74, 6) is 2.74. The summed E-state index contributed by atoms with van der Waals surface area (Å²) in [5.41, 5.74) is 1.13. The summed E-state index contributed by atoms with van der Waals surface area (Å²) in [7, 11) is 0. The van der Waals surface area contributed by atoms with E-state index < -0.39 is 0 Å². The molecule has 0 radical (unpaired) electrons. The number of hydrogen-bond acceptors (Lipinski definition) is 6. The Balaban J connectivity index is 1.38. The second-order valence-electron chi connectivity index (χ2n) is 7.46. The van der Waals surface area contributed by atoms with E-state index in [0.29, 0.717) is 0 Å². The van der Waals surface area contributed by atoms with Gasteiger partial charge in [-0.3, -0.25) is 4.68 Å². The third-order valence-electron chi connectivity index (χ3n) is 5.67. The van der Waals surface area contributed by atoms with Crippen molar-refractivity contribution in [1.29, 1.82) is 0 Å². The average Bonchev–Trinajstić information content (AvgIpc) is 3.26. The SMILES string of the molecule is CCc1cc(N2CCC(CCn3cccn3)CC2)nc(N2CCOCC2)n1. The number of aryl methyl sites for hydroxylation is 2. The molecule has 2 saturated heterocycles. The van der Waals surface area contributed by atoms with Crippen LogP contribution in [-0.2, 0) is 17.7 Å². The molecule has 27 heavy (non-hydrogen) atoms. The fraction of sp³-hybridized carbons (Fsp3) is 0.650. The minimum atomic E-state index is 0.761. The number of anilines is 2. The van der Waals surface area contributed by atoms with Crippen LogP contribution in [0.25, 0.3) is 0 Å². The third-order valence-corrected chi connectivity index (χ3v) is 5.67. The molecule has 0 spiro atoms. The molecule has 4 rings (SSSR count). The zero-order valence-corrected chi connectivity index (χ0v) is 16.3. The van der Waals surface area contributed by atoms with Crippen molar-refractivity contribution in [1.82, 2.24) is 19.7 Å². The van der Waals surface area contributed by atoms with Crippen LogP contribution in [0, 0.1) is 5.92 Å². The van der Waals surface area contributed by atoms with Crippen molar-refractivity contribution < 1.29 is 4.74 Å². The molecule has 0 unspecified atom stereocenters. The first-order chi connectivity index (χ1) is 13.3. The van der Waals surface area contributed by atoms with Crippen LogP contribution in [0.2, 0.25) is 0 Å². The summed E-state index contributed by atoms with van der Waals surface area (Å²) in [6, 6.07) is 4.17. The molecule has 0 amide bonds. The van der Waals surface area contributed by atoms with Crippen LogP contribution in [0.1, 0.15) is 31.9 Å². The van der Waals surface area contributed by atoms with Gasteiger partial charge in [-0.25, -0.2) is 4.98 Å². The lowest BCUT2D eigenvalue weighted by molar-refractivity contribution is 0.122. The maximum Gasteiger partial charge on any atom is 0.227 e. The summed E-state index contributed by atoms with van der Waals surface area (Å²) in [6.07, 6.45) is 8.50. The van der Waals surface area contributed by atoms with Gasteiger partial charge in [0.15, 0.2) is 0 Å². The normalized spacial score (nSPS) is 18.9. The predicted octanol–water partition coefficient (Wildman–Crippen LogP) is 2.38. The standard InChI is InChI=1S/C20H30N6O/c1-2-18-16-19(23-20(22-18)25-12-14-27-15-13-25)24-9-4-17(5-10-24)6-11-26-8-3-7-21-26/h3,7-8,16-17H,2,4-6,9-15H2,1H3. The smallest absolute Gasteiger partial charge is 0.227 e. The average molecular weight is 371 g/mol. The minimum Gasteiger partial charge on any atom is -0.378 e. The van der Waals surface area contributed by atoms with Crippen LogP contribution >= 0.6 is 0 Å². The second-order valence-corrected chi connectivity index (χ2v) is 7.46. The van der Waals surface area contributed by atoms with Gasteiger partial charge in [0.1, 0.15) is 5.82 Å². The lowest BCUT2D eigenvalue weighted by Gasteiger charge is -2.34. The Labute approximate surface area is 161 Å². The lowest BCUT2D eigenvalue weighted by atomic mass is 9.93. The Morgan fingerprint density at radius 3 is 2.59 bits per heavy atom. The number of morpholine rings is 1. The summed E-state index contributed by atoms with van der Waals surface area (Å²) < 4.78 is 7.51. The predicted molar refractivity (Wildman–Crippen MR) is 106 cm³/mol. The molecule has 7 nitrogen and oxygen atoms in total. The zero-order valence-electron chi connectivity index (χ0n) is 16.3. The van der Waals surface area contributed by atoms with Crippen molar-refractivity contribution in [2.24, 2.45) is 5.92 Å². The van der Waals surface area contributed by atoms with Gasteiger partial charge in [-0.1, -0.05) is 6.92 Å². The number of hydrogen-bond donors (Lipinski definition) is 0. The molecule has 0 aromatic carbocycles. The van der Waals surface area contributed by atoms with Crippen LogP contribution < -0.4 is 9.80 Å². The summed E-state index contributed by atoms with van der Waals surface area (Å²) in [6.45, 7) is 8.61. The Morgan fingerprint density at radius 1 is 1.07 bits per heavy atom. The van der Waals surface area contributed by atoms with Gasteiger partial charge >= 0.3 is 0 Å². The molecule has 2 fully saturated rings. The van der Waals surface area contributed by atoms with Crippen LogP contribution in [0.4, 0.5) is 11.8 Å². The lowest BCUT2D eigenvalue weighted by Crippen LogP contribution is -2.38. The van der Waals surface area contributed by atoms with E-state index >= 15 is 0 Å². The van der Waals surface area contributed by atoms with Crippen LogP contribution in [0.5, 0.6) is 0 Å². The highest BCUT2D eigenvalue weighted by molar-refractivity contribution is 5.46. The van der Waals surface area contributed by atoms with Crippen molar-refractivity contribution >= 4 is 11.8 Å². The number of ether oxygens (including phenoxy) is 1. The highest BCUT2D eigenvalue weighted by Gasteiger charge is 2.22. The molecular formula is C20H30N6O. The topological polar surface area (TPSA) is 59.3 Å². The Morgan fingerprint density at radius 2 is 1.89 bits per heavy atom. The maximum atomic E-state index is 5.47. The number of nitrogens with zero attached hydrogens (tertiary/aromatic N) is 6. The molecule has 0 atom stereocenters. The zero-order chi connectivity index (χ0) is 18.5. The number of aromatic nitrogens is 4. The monoisotopic (exact) mass is 370 g/mol. The fourth-order valence-corrected chi connectivity index (χ4v) is 3.92. The summed E-state index contributed by atoms with van der Waals surface area (Å²) in [5, 5.41) is 4.31. The quantitative estimate of drug-likeness (QED) is 0.778. The van der Waals surface area contributed by atoms with Gasteiger partial charge in [0.2, 0.25) is 5.95 Å². The Hall–Kier alpha value is -2.15. The van der Waals surface area contributed by atoms with E-state index in [1.165, 1.54) is 19.3 Å². The van der Waals surface area contributed by atoms with Crippen molar-refractivity contribution in [3.05, 3.63) is 30.2 Å². The van der Waals surface area contributed by atoms with E-state index in [1.807, 2.05) is 16.9 Å². The summed E-state index contributed by atoms with van der Waals surface area (Å²) >= 11 is 0. The van der Waals surface area contributed by atoms with Gasteiger partial charge in [0, 0.05) is 56.9 Å². The third kappa shape index (κ3) is 4.58. The van der Waals surface area contributed by atoms with Crippen molar-refractivity contribution in [3.63, 3.8) is 0 Å². The van der Waals surface area contributed by atoms with Gasteiger partial charge in [-0.2, -0.15) is 10.1 Å². The van der Waals surface area contributed by atoms with E-state index in [-0.39, 0.29) is 0 Å². The van der Waals surface area contributed by atoms with Crippen molar-refractivity contribution in [2.75, 3.05) is 49.2 Å². The van der Waals surface area contributed by atoms with Crippen molar-refractivity contribution in [2.45, 2.75) is 39.2 Å². The van der Waals surface area contributed by atoms with Gasteiger partial charge < -0.3 is 14.5 Å². The van der Waals surface area contributed by atoms with Crippen LogP contribution in [0.15, 0.2) is 24.5 Å². The molecular weight excluding hydrogens is 340 g/mol. The minimum absolute atomic E-state index is 0.761. The van der Waals surface area contributed by atoms with E-state index in [0.717, 1.165) is 75.7 Å². The van der Waals surface area contributed by atoms with Gasteiger partial charge in [-0.05, 0) is 37.7 Å². The Bertz CT molecular complexity index is 705. The molecule has 0 bridgehead atoms. The highest BCUT2D eigenvalue weighted by atomic mass is 16.5. The first kappa shape index (κ1) is 18.2. The van der Waals surface area contributed by atoms with E-state index in [1.54, 1.807) is 0 Å². The fourth-order valence-electron chi connectivity index (χ4n) is 3.92. The van der Waals surface area contributed by atoms with Crippen LogP contribution in [-0.4, -0.2) is 59.1 Å². The van der Waals surface area contributed by atoms with Gasteiger partial charge in [-0.15, -0.1) is 0 Å². The maximum absolute atomic E-state index is 5.47. The molecule has 2 aromatic rings. The molecule has 0 saturated carbocycles. The van der Waals surface area contributed by atoms with Gasteiger partial charge in [0.25, 0.3) is 0 Å². The molecule has 7 heteroatoms. The van der Waals surface area contributed by atoms with Gasteiger partial charge in [0.05, 0.1) is 13.2 Å². The van der Waals surface area contributed by atoms with Crippen LogP contribution in [0.3, 0.4) is 0 Å². The summed E-state index contributed by atoms with van der Waals surface area (Å²) in [4.78, 5) is 14.4. The van der Waals surface area contributed by atoms with Crippen molar-refractivity contribution in [3.8, 4) is 0 Å². The Kier molecular flexibility index (Phi) is 5.87. The molecule has 2 aliphatic heterocycles. The molecule has 0 N–H and O–H groups in total. The first-order valence-corrected chi connectivity index (χ1v) is 10.2. The first-order valence-electron chi connectivity index (χ1n) is 10.2. The second kappa shape index (κ2) is 8.69. The molecule has 0 aliphatic carbocycles. The largest absolute Gasteiger partial charge is 0.378 e.